The van der Waals surface area contributed by atoms with Crippen molar-refractivity contribution in [3.8, 4) is 11.5 Å². The van der Waals surface area contributed by atoms with Crippen molar-refractivity contribution < 1.29 is 4.79 Å². The molecule has 9 nitrogen and oxygen atoms in total. The lowest BCUT2D eigenvalue weighted by Gasteiger charge is -2.18. The Morgan fingerprint density at radius 1 is 1.25 bits per heavy atom. The van der Waals surface area contributed by atoms with E-state index in [0.717, 1.165) is 30.0 Å². The molecular weight excluding hydrogens is 404 g/mol. The van der Waals surface area contributed by atoms with Gasteiger partial charge >= 0.3 is 0 Å². The summed E-state index contributed by atoms with van der Waals surface area (Å²) < 4.78 is 2.02. The third-order valence-electron chi connectivity index (χ3n) is 6.08. The van der Waals surface area contributed by atoms with Crippen molar-refractivity contribution in [2.45, 2.75) is 46.3 Å². The number of nitrogens with one attached hydrogen (secondary N) is 1. The van der Waals surface area contributed by atoms with Gasteiger partial charge < -0.3 is 14.8 Å². The summed E-state index contributed by atoms with van der Waals surface area (Å²) in [6, 6.07) is 7.83. The molecule has 3 aromatic heterocycles. The van der Waals surface area contributed by atoms with Crippen molar-refractivity contribution in [3.05, 3.63) is 47.4 Å². The molecule has 1 aliphatic rings. The first kappa shape index (κ1) is 21.9. The average Bonchev–Trinajstić information content (AvgIpc) is 3.44. The molecule has 1 aliphatic heterocycles. The zero-order valence-corrected chi connectivity index (χ0v) is 19.3. The van der Waals surface area contributed by atoms with E-state index in [9.17, 15) is 4.79 Å². The zero-order chi connectivity index (χ0) is 22.8. The molecule has 0 saturated carbocycles. The summed E-state index contributed by atoms with van der Waals surface area (Å²) in [5, 5.41) is 11.5. The maximum absolute atomic E-state index is 13.4. The summed E-state index contributed by atoms with van der Waals surface area (Å²) in [7, 11) is 3.87. The quantitative estimate of drug-likeness (QED) is 0.582. The summed E-state index contributed by atoms with van der Waals surface area (Å²) in [5.41, 5.74) is 3.23. The molecule has 0 saturated heterocycles. The summed E-state index contributed by atoms with van der Waals surface area (Å²) in [4.78, 5) is 26.8. The van der Waals surface area contributed by atoms with E-state index in [1.54, 1.807) is 11.2 Å². The second-order valence-corrected chi connectivity index (χ2v) is 8.09. The number of pyridine rings is 2. The molecular formula is C23H30N8O. The van der Waals surface area contributed by atoms with Crippen molar-refractivity contribution in [2.24, 2.45) is 0 Å². The molecule has 0 aliphatic carbocycles. The molecule has 0 fully saturated rings. The Labute approximate surface area is 188 Å². The lowest BCUT2D eigenvalue weighted by molar-refractivity contribution is 0.0996. The van der Waals surface area contributed by atoms with E-state index in [2.05, 4.69) is 36.3 Å². The first-order chi connectivity index (χ1) is 15.5. The molecule has 0 spiro atoms. The highest BCUT2D eigenvalue weighted by molar-refractivity contribution is 6.10. The van der Waals surface area contributed by atoms with Gasteiger partial charge in [-0.05, 0) is 45.5 Å². The molecule has 0 aromatic carbocycles. The van der Waals surface area contributed by atoms with Gasteiger partial charge in [0.15, 0.2) is 5.82 Å². The van der Waals surface area contributed by atoms with E-state index < -0.39 is 0 Å². The first-order valence-corrected chi connectivity index (χ1v) is 11.1. The average molecular weight is 435 g/mol. The number of carbonyl (C=O) groups is 1. The van der Waals surface area contributed by atoms with Gasteiger partial charge in [0.2, 0.25) is 0 Å². The van der Waals surface area contributed by atoms with E-state index in [-0.39, 0.29) is 11.9 Å². The smallest absolute Gasteiger partial charge is 0.260 e. The number of rotatable bonds is 8. The summed E-state index contributed by atoms with van der Waals surface area (Å²) in [6.07, 6.45) is 2.69. The molecule has 1 atom stereocenters. The third-order valence-corrected chi connectivity index (χ3v) is 6.08. The largest absolute Gasteiger partial charge is 0.360 e. The number of amides is 1. The number of hydrogen-bond acceptors (Lipinski definition) is 7. The first-order valence-electron chi connectivity index (χ1n) is 11.1. The lowest BCUT2D eigenvalue weighted by Crippen LogP contribution is -2.24. The predicted molar refractivity (Wildman–Crippen MR) is 125 cm³/mol. The molecule has 1 unspecified atom stereocenters. The molecule has 3 aromatic rings. The Morgan fingerprint density at radius 3 is 2.78 bits per heavy atom. The van der Waals surface area contributed by atoms with Crippen LogP contribution in [0.25, 0.3) is 11.5 Å². The third kappa shape index (κ3) is 3.84. The molecule has 1 amide bonds. The predicted octanol–water partition coefficient (Wildman–Crippen LogP) is 3.04. The summed E-state index contributed by atoms with van der Waals surface area (Å²) >= 11 is 0. The van der Waals surface area contributed by atoms with Gasteiger partial charge in [-0.25, -0.2) is 9.97 Å². The van der Waals surface area contributed by atoms with Crippen molar-refractivity contribution >= 4 is 17.5 Å². The van der Waals surface area contributed by atoms with Gasteiger partial charge in [0.1, 0.15) is 23.7 Å². The monoisotopic (exact) mass is 434 g/mol. The minimum absolute atomic E-state index is 0.0569. The van der Waals surface area contributed by atoms with Crippen LogP contribution < -0.4 is 15.1 Å². The van der Waals surface area contributed by atoms with E-state index >= 15 is 0 Å². The van der Waals surface area contributed by atoms with Crippen molar-refractivity contribution in [1.29, 1.82) is 0 Å². The minimum Gasteiger partial charge on any atom is -0.360 e. The SMILES string of the molecule is CCC(C)n1cnnc1-c1cccc(N2Cc3c(cc(N(C)CC)nc3CNC)C2=O)n1. The van der Waals surface area contributed by atoms with Crippen LogP contribution in [0, 0.1) is 0 Å². The van der Waals surface area contributed by atoms with Crippen molar-refractivity contribution in [2.75, 3.05) is 30.4 Å². The van der Waals surface area contributed by atoms with E-state index in [1.165, 1.54) is 0 Å². The Morgan fingerprint density at radius 2 is 2.06 bits per heavy atom. The van der Waals surface area contributed by atoms with Crippen LogP contribution in [0.15, 0.2) is 30.6 Å². The van der Waals surface area contributed by atoms with Crippen LogP contribution in [0.2, 0.25) is 0 Å². The second-order valence-electron chi connectivity index (χ2n) is 8.09. The Bertz CT molecular complexity index is 1120. The molecule has 4 rings (SSSR count). The lowest BCUT2D eigenvalue weighted by atomic mass is 10.1. The van der Waals surface area contributed by atoms with Crippen LogP contribution in [0.4, 0.5) is 11.6 Å². The van der Waals surface area contributed by atoms with Gasteiger partial charge in [-0.2, -0.15) is 0 Å². The highest BCUT2D eigenvalue weighted by atomic mass is 16.2. The van der Waals surface area contributed by atoms with Gasteiger partial charge in [-0.15, -0.1) is 10.2 Å². The van der Waals surface area contributed by atoms with Crippen LogP contribution in [0.5, 0.6) is 0 Å². The van der Waals surface area contributed by atoms with Gasteiger partial charge in [-0.3, -0.25) is 9.69 Å². The van der Waals surface area contributed by atoms with Gasteiger partial charge in [0.25, 0.3) is 5.91 Å². The van der Waals surface area contributed by atoms with Crippen LogP contribution in [0.1, 0.15) is 54.8 Å². The maximum atomic E-state index is 13.4. The van der Waals surface area contributed by atoms with Gasteiger partial charge in [-0.1, -0.05) is 13.0 Å². The van der Waals surface area contributed by atoms with E-state index in [4.69, 9.17) is 9.97 Å². The van der Waals surface area contributed by atoms with Crippen LogP contribution in [-0.4, -0.2) is 51.3 Å². The number of anilines is 2. The molecule has 168 valence electrons. The summed E-state index contributed by atoms with van der Waals surface area (Å²) in [6.45, 7) is 8.17. The molecule has 1 N–H and O–H groups in total. The summed E-state index contributed by atoms with van der Waals surface area (Å²) in [5.74, 6) is 2.05. The minimum atomic E-state index is -0.0569. The maximum Gasteiger partial charge on any atom is 0.260 e. The number of fused-ring (bicyclic) bond motifs is 1. The number of aromatic nitrogens is 5. The number of hydrogen-bond donors (Lipinski definition) is 1. The zero-order valence-electron chi connectivity index (χ0n) is 19.3. The van der Waals surface area contributed by atoms with E-state index in [1.807, 2.05) is 47.8 Å². The van der Waals surface area contributed by atoms with Crippen LogP contribution in [0.3, 0.4) is 0 Å². The van der Waals surface area contributed by atoms with Crippen molar-refractivity contribution in [3.63, 3.8) is 0 Å². The van der Waals surface area contributed by atoms with Crippen molar-refractivity contribution in [1.82, 2.24) is 30.0 Å². The molecule has 0 bridgehead atoms. The molecule has 32 heavy (non-hydrogen) atoms. The molecule has 4 heterocycles. The van der Waals surface area contributed by atoms with Crippen LogP contribution in [-0.2, 0) is 13.1 Å². The Balaban J connectivity index is 1.71. The fourth-order valence-electron chi connectivity index (χ4n) is 3.85. The molecule has 0 radical (unpaired) electrons. The Hall–Kier alpha value is -3.33. The van der Waals surface area contributed by atoms with Gasteiger partial charge in [0.05, 0.1) is 17.8 Å². The van der Waals surface area contributed by atoms with Gasteiger partial charge in [0, 0.05) is 31.7 Å². The second kappa shape index (κ2) is 9.04. The highest BCUT2D eigenvalue weighted by Crippen LogP contribution is 2.32. The molecule has 9 heteroatoms. The van der Waals surface area contributed by atoms with E-state index in [0.29, 0.717) is 36.0 Å². The normalized spacial score (nSPS) is 14.0. The fraction of sp³-hybridized carbons (Fsp3) is 0.435. The topological polar surface area (TPSA) is 92.1 Å². The number of nitrogens with zero attached hydrogens (tertiary/aromatic N) is 7. The Kier molecular flexibility index (Phi) is 6.18. The number of carbonyl (C=O) groups excluding carboxylic acids is 1. The standard InChI is InChI=1S/C23H30N8O/c1-6-15(3)31-14-25-28-22(31)18-9-8-10-20(26-18)30-13-17-16(23(30)32)11-21(29(5)7-2)27-19(17)12-24-4/h8-11,14-15,24H,6-7,12-13H2,1-5H3. The highest BCUT2D eigenvalue weighted by Gasteiger charge is 2.33. The van der Waals surface area contributed by atoms with Crippen LogP contribution >= 0.6 is 0 Å². The fourth-order valence-corrected chi connectivity index (χ4v) is 3.85.